The second kappa shape index (κ2) is 10.6. The van der Waals surface area contributed by atoms with Crippen LogP contribution >= 0.6 is 0 Å². The van der Waals surface area contributed by atoms with E-state index in [1.165, 1.54) is 12.1 Å². The lowest BCUT2D eigenvalue weighted by atomic mass is 9.87. The molecule has 3 N–H and O–H groups in total. The van der Waals surface area contributed by atoms with Gasteiger partial charge in [0.2, 0.25) is 0 Å². The topological polar surface area (TPSA) is 81.8 Å². The van der Waals surface area contributed by atoms with Gasteiger partial charge in [-0.05, 0) is 50.0 Å². The Bertz CT molecular complexity index is 1190. The molecule has 0 aromatic heterocycles. The van der Waals surface area contributed by atoms with Crippen molar-refractivity contribution in [1.82, 2.24) is 0 Å². The van der Waals surface area contributed by atoms with Crippen molar-refractivity contribution < 1.29 is 50.1 Å². The van der Waals surface area contributed by atoms with E-state index in [1.807, 2.05) is 0 Å². The molecule has 0 saturated carbocycles. The number of ether oxygens (including phenoxy) is 2. The molecule has 2 aromatic rings. The molecule has 3 rings (SSSR count). The minimum atomic E-state index is -5.06. The van der Waals surface area contributed by atoms with Gasteiger partial charge in [0.1, 0.15) is 30.5 Å². The molecule has 1 aliphatic heterocycles. The monoisotopic (exact) mass is 535 g/mol. The number of fused-ring (bicyclic) bond motifs is 1. The molecule has 0 bridgehead atoms. The molecular formula is C25H24F7NO4. The van der Waals surface area contributed by atoms with Crippen LogP contribution < -0.4 is 15.2 Å². The maximum absolute atomic E-state index is 14.8. The van der Waals surface area contributed by atoms with Gasteiger partial charge < -0.3 is 20.3 Å². The standard InChI is InChI=1S/C25H24F7NO4/c1-23(33,6-2-3-22(34)35)11-14-7-18-20(26)9-17(10-21(18)37-12-14)36-13-15-4-5-16(24(27,28)29)8-19(15)25(30,31)32/h4-5,7-10H,2-3,6,11-13,33H2,1H3,(H,34,35). The first kappa shape index (κ1) is 28.3. The van der Waals surface area contributed by atoms with Crippen LogP contribution in [0.25, 0.3) is 6.08 Å². The predicted octanol–water partition coefficient (Wildman–Crippen LogP) is 6.58. The van der Waals surface area contributed by atoms with Gasteiger partial charge in [0.25, 0.3) is 0 Å². The molecule has 0 spiro atoms. The minimum Gasteiger partial charge on any atom is -0.489 e. The van der Waals surface area contributed by atoms with Gasteiger partial charge in [-0.1, -0.05) is 6.07 Å². The van der Waals surface area contributed by atoms with Crippen LogP contribution in [0.2, 0.25) is 0 Å². The van der Waals surface area contributed by atoms with Crippen molar-refractivity contribution in [3.8, 4) is 11.5 Å². The zero-order chi connectivity index (χ0) is 27.6. The fourth-order valence-electron chi connectivity index (χ4n) is 3.98. The SMILES string of the molecule is CC(N)(CCCC(=O)O)CC1=Cc2c(F)cc(OCc3ccc(C(F)(F)F)cc3C(F)(F)F)cc2OC1. The summed E-state index contributed by atoms with van der Waals surface area (Å²) in [6.45, 7) is 1.04. The number of benzene rings is 2. The molecule has 12 heteroatoms. The average Bonchev–Trinajstić information content (AvgIpc) is 2.76. The van der Waals surface area contributed by atoms with Crippen molar-refractivity contribution in [1.29, 1.82) is 0 Å². The van der Waals surface area contributed by atoms with E-state index >= 15 is 0 Å². The third kappa shape index (κ3) is 7.61. The highest BCUT2D eigenvalue weighted by Gasteiger charge is 2.38. The number of hydrogen-bond acceptors (Lipinski definition) is 4. The normalized spacial score (nSPS) is 15.3. The molecule has 5 nitrogen and oxygen atoms in total. The van der Waals surface area contributed by atoms with E-state index in [-0.39, 0.29) is 36.2 Å². The molecule has 1 aliphatic rings. The summed E-state index contributed by atoms with van der Waals surface area (Å²) < 4.78 is 104. The molecule has 0 aliphatic carbocycles. The molecule has 1 atom stereocenters. The Kier molecular flexibility index (Phi) is 8.11. The van der Waals surface area contributed by atoms with Gasteiger partial charge in [-0.3, -0.25) is 4.79 Å². The maximum Gasteiger partial charge on any atom is 0.416 e. The first-order valence-electron chi connectivity index (χ1n) is 11.1. The van der Waals surface area contributed by atoms with E-state index in [0.29, 0.717) is 37.0 Å². The summed E-state index contributed by atoms with van der Waals surface area (Å²) in [5.74, 6) is -1.80. The predicted molar refractivity (Wildman–Crippen MR) is 119 cm³/mol. The van der Waals surface area contributed by atoms with Crippen LogP contribution in [-0.4, -0.2) is 23.2 Å². The zero-order valence-corrected chi connectivity index (χ0v) is 19.6. The fraction of sp³-hybridized carbons (Fsp3) is 0.400. The molecule has 0 fully saturated rings. The van der Waals surface area contributed by atoms with Gasteiger partial charge in [0.05, 0.1) is 16.7 Å². The van der Waals surface area contributed by atoms with Crippen LogP contribution in [0.3, 0.4) is 0 Å². The maximum atomic E-state index is 14.8. The van der Waals surface area contributed by atoms with Crippen molar-refractivity contribution in [2.45, 2.75) is 57.1 Å². The Labute approximate surface area is 207 Å². The van der Waals surface area contributed by atoms with Gasteiger partial charge in [-0.2, -0.15) is 26.3 Å². The number of halogens is 7. The summed E-state index contributed by atoms with van der Waals surface area (Å²) in [4.78, 5) is 10.7. The summed E-state index contributed by atoms with van der Waals surface area (Å²) in [5.41, 5.74) is 2.74. The van der Waals surface area contributed by atoms with Crippen molar-refractivity contribution in [2.24, 2.45) is 5.73 Å². The Morgan fingerprint density at radius 1 is 1.11 bits per heavy atom. The number of carbonyl (C=O) groups is 1. The van der Waals surface area contributed by atoms with Crippen LogP contribution in [0.5, 0.6) is 11.5 Å². The fourth-order valence-corrected chi connectivity index (χ4v) is 3.98. The van der Waals surface area contributed by atoms with E-state index in [4.69, 9.17) is 20.3 Å². The van der Waals surface area contributed by atoms with Crippen LogP contribution in [0.15, 0.2) is 35.9 Å². The highest BCUT2D eigenvalue weighted by molar-refractivity contribution is 5.66. The van der Waals surface area contributed by atoms with E-state index in [1.54, 1.807) is 6.92 Å². The summed E-state index contributed by atoms with van der Waals surface area (Å²) in [6.07, 6.45) is -7.39. The molecular weight excluding hydrogens is 511 g/mol. The molecule has 37 heavy (non-hydrogen) atoms. The molecule has 202 valence electrons. The lowest BCUT2D eigenvalue weighted by Gasteiger charge is -2.28. The van der Waals surface area contributed by atoms with Gasteiger partial charge in [-0.25, -0.2) is 4.39 Å². The zero-order valence-electron chi connectivity index (χ0n) is 19.6. The van der Waals surface area contributed by atoms with E-state index < -0.39 is 53.0 Å². The summed E-state index contributed by atoms with van der Waals surface area (Å²) >= 11 is 0. The van der Waals surface area contributed by atoms with Crippen LogP contribution in [0.4, 0.5) is 30.7 Å². The van der Waals surface area contributed by atoms with Crippen molar-refractivity contribution >= 4 is 12.0 Å². The Balaban J connectivity index is 1.75. The molecule has 1 heterocycles. The second-order valence-electron chi connectivity index (χ2n) is 9.14. The number of hydrogen-bond donors (Lipinski definition) is 2. The highest BCUT2D eigenvalue weighted by atomic mass is 19.4. The number of nitrogens with two attached hydrogens (primary N) is 1. The average molecular weight is 535 g/mol. The van der Waals surface area contributed by atoms with Crippen LogP contribution in [0, 0.1) is 5.82 Å². The molecule has 1 unspecified atom stereocenters. The summed E-state index contributed by atoms with van der Waals surface area (Å²) in [5, 5.41) is 8.77. The third-order valence-corrected chi connectivity index (χ3v) is 5.73. The smallest absolute Gasteiger partial charge is 0.416 e. The van der Waals surface area contributed by atoms with E-state index in [2.05, 4.69) is 0 Å². The Hall–Kier alpha value is -3.28. The molecule has 2 aromatic carbocycles. The molecule has 0 radical (unpaired) electrons. The number of carboxylic acid groups (broad SMARTS) is 1. The number of carboxylic acids is 1. The molecule has 0 saturated heterocycles. The van der Waals surface area contributed by atoms with E-state index in [0.717, 1.165) is 6.07 Å². The van der Waals surface area contributed by atoms with Gasteiger partial charge in [0.15, 0.2) is 0 Å². The van der Waals surface area contributed by atoms with Gasteiger partial charge >= 0.3 is 18.3 Å². The number of rotatable bonds is 9. The third-order valence-electron chi connectivity index (χ3n) is 5.73. The summed E-state index contributed by atoms with van der Waals surface area (Å²) in [6, 6.07) is 3.41. The van der Waals surface area contributed by atoms with Crippen molar-refractivity contribution in [3.63, 3.8) is 0 Å². The van der Waals surface area contributed by atoms with Gasteiger partial charge in [-0.15, -0.1) is 0 Å². The quantitative estimate of drug-likeness (QED) is 0.355. The Morgan fingerprint density at radius 2 is 1.81 bits per heavy atom. The first-order valence-corrected chi connectivity index (χ1v) is 11.1. The second-order valence-corrected chi connectivity index (χ2v) is 9.14. The van der Waals surface area contributed by atoms with E-state index in [9.17, 15) is 35.5 Å². The lowest BCUT2D eigenvalue weighted by Crippen LogP contribution is -2.37. The van der Waals surface area contributed by atoms with Crippen molar-refractivity contribution in [2.75, 3.05) is 6.61 Å². The molecule has 0 amide bonds. The first-order chi connectivity index (χ1) is 17.0. The highest BCUT2D eigenvalue weighted by Crippen LogP contribution is 2.39. The minimum absolute atomic E-state index is 0.00838. The number of alkyl halides is 6. The largest absolute Gasteiger partial charge is 0.489 e. The van der Waals surface area contributed by atoms with Crippen molar-refractivity contribution in [3.05, 3.63) is 64.0 Å². The number of aliphatic carboxylic acids is 1. The van der Waals surface area contributed by atoms with Crippen LogP contribution in [-0.2, 0) is 23.8 Å². The van der Waals surface area contributed by atoms with Gasteiger partial charge in [0, 0.05) is 29.7 Å². The van der Waals surface area contributed by atoms with Crippen LogP contribution in [0.1, 0.15) is 54.9 Å². The lowest BCUT2D eigenvalue weighted by molar-refractivity contribution is -0.143. The summed E-state index contributed by atoms with van der Waals surface area (Å²) in [7, 11) is 0. The Morgan fingerprint density at radius 3 is 2.43 bits per heavy atom.